The maximum atomic E-state index is 13.8. The lowest BCUT2D eigenvalue weighted by molar-refractivity contribution is 0.307. The highest BCUT2D eigenvalue weighted by molar-refractivity contribution is 5.65. The van der Waals surface area contributed by atoms with Crippen LogP contribution in [-0.2, 0) is 6.61 Å². The Hall–Kier alpha value is -4.26. The number of pyridine rings is 1. The van der Waals surface area contributed by atoms with Gasteiger partial charge in [0.1, 0.15) is 18.1 Å². The Kier molecular flexibility index (Phi) is 5.68. The van der Waals surface area contributed by atoms with Crippen LogP contribution in [0.15, 0.2) is 71.7 Å². The summed E-state index contributed by atoms with van der Waals surface area (Å²) in [6, 6.07) is 17.8. The Labute approximate surface area is 202 Å². The van der Waals surface area contributed by atoms with Crippen molar-refractivity contribution in [2.45, 2.75) is 34.3 Å². The highest BCUT2D eigenvalue weighted by Gasteiger charge is 2.18. The van der Waals surface area contributed by atoms with E-state index in [9.17, 15) is 9.18 Å². The van der Waals surface area contributed by atoms with Crippen molar-refractivity contribution in [3.63, 3.8) is 0 Å². The van der Waals surface area contributed by atoms with E-state index in [1.54, 1.807) is 36.0 Å². The number of ether oxygens (including phenoxy) is 1. The van der Waals surface area contributed by atoms with E-state index in [-0.39, 0.29) is 11.4 Å². The van der Waals surface area contributed by atoms with Crippen LogP contribution in [0.2, 0.25) is 0 Å². The molecule has 3 aromatic heterocycles. The second kappa shape index (κ2) is 8.83. The molecule has 0 N–H and O–H groups in total. The van der Waals surface area contributed by atoms with Gasteiger partial charge >= 0.3 is 0 Å². The SMILES string of the molecule is Cc1ccc(C)c(COc2cccn3c(=O)c(-c4cc(C)n(-c5cccc(F)c5)n4)c(C)nc23)c1. The first kappa shape index (κ1) is 22.5. The molecule has 0 fully saturated rings. The summed E-state index contributed by atoms with van der Waals surface area (Å²) in [5.41, 5.74) is 6.38. The molecule has 0 radical (unpaired) electrons. The first-order valence-electron chi connectivity index (χ1n) is 11.4. The summed E-state index contributed by atoms with van der Waals surface area (Å²) < 4.78 is 23.0. The number of halogens is 1. The topological polar surface area (TPSA) is 61.4 Å². The number of aryl methyl sites for hydroxylation is 4. The maximum Gasteiger partial charge on any atom is 0.267 e. The summed E-state index contributed by atoms with van der Waals surface area (Å²) in [5, 5.41) is 4.60. The zero-order valence-electron chi connectivity index (χ0n) is 20.0. The van der Waals surface area contributed by atoms with Crippen LogP contribution in [0.1, 0.15) is 28.1 Å². The fourth-order valence-electron chi connectivity index (χ4n) is 4.23. The Morgan fingerprint density at radius 1 is 0.971 bits per heavy atom. The number of benzene rings is 2. The molecule has 0 saturated carbocycles. The zero-order chi connectivity index (χ0) is 24.7. The van der Waals surface area contributed by atoms with Gasteiger partial charge in [-0.3, -0.25) is 9.20 Å². The molecular weight excluding hydrogens is 443 g/mol. The Bertz CT molecular complexity index is 1630. The molecule has 176 valence electrons. The van der Waals surface area contributed by atoms with Gasteiger partial charge in [0.2, 0.25) is 0 Å². The highest BCUT2D eigenvalue weighted by atomic mass is 19.1. The van der Waals surface area contributed by atoms with Gasteiger partial charge in [0.25, 0.3) is 5.56 Å². The van der Waals surface area contributed by atoms with Gasteiger partial charge in [0.15, 0.2) is 11.4 Å². The third-order valence-electron chi connectivity index (χ3n) is 6.08. The first-order chi connectivity index (χ1) is 16.8. The van der Waals surface area contributed by atoms with Crippen molar-refractivity contribution >= 4 is 5.65 Å². The van der Waals surface area contributed by atoms with Crippen LogP contribution in [0.3, 0.4) is 0 Å². The molecule has 0 aliphatic heterocycles. The van der Waals surface area contributed by atoms with Crippen LogP contribution < -0.4 is 10.3 Å². The van der Waals surface area contributed by atoms with Crippen molar-refractivity contribution in [3.05, 3.63) is 111 Å². The number of hydrogen-bond donors (Lipinski definition) is 0. The third kappa shape index (κ3) is 4.21. The van der Waals surface area contributed by atoms with Crippen molar-refractivity contribution in [1.29, 1.82) is 0 Å². The van der Waals surface area contributed by atoms with Crippen LogP contribution in [-0.4, -0.2) is 19.2 Å². The lowest BCUT2D eigenvalue weighted by Gasteiger charge is -2.13. The van der Waals surface area contributed by atoms with E-state index in [1.165, 1.54) is 16.5 Å². The van der Waals surface area contributed by atoms with Gasteiger partial charge in [0, 0.05) is 11.9 Å². The normalized spacial score (nSPS) is 11.2. The molecule has 5 rings (SSSR count). The molecule has 6 nitrogen and oxygen atoms in total. The monoisotopic (exact) mass is 468 g/mol. The quantitative estimate of drug-likeness (QED) is 0.342. The maximum absolute atomic E-state index is 13.8. The van der Waals surface area contributed by atoms with Crippen LogP contribution in [0.25, 0.3) is 22.6 Å². The first-order valence-corrected chi connectivity index (χ1v) is 11.4. The molecule has 0 aliphatic carbocycles. The Morgan fingerprint density at radius 2 is 1.80 bits per heavy atom. The summed E-state index contributed by atoms with van der Waals surface area (Å²) in [7, 11) is 0. The molecule has 0 saturated heterocycles. The van der Waals surface area contributed by atoms with E-state index >= 15 is 0 Å². The fraction of sp³-hybridized carbons (Fsp3) is 0.179. The van der Waals surface area contributed by atoms with Gasteiger partial charge in [-0.1, -0.05) is 29.8 Å². The van der Waals surface area contributed by atoms with Crippen molar-refractivity contribution in [3.8, 4) is 22.7 Å². The predicted octanol–water partition coefficient (Wildman–Crippen LogP) is 5.50. The van der Waals surface area contributed by atoms with Crippen LogP contribution >= 0.6 is 0 Å². The minimum atomic E-state index is -0.351. The average Bonchev–Trinajstić information content (AvgIpc) is 3.21. The zero-order valence-corrected chi connectivity index (χ0v) is 20.0. The van der Waals surface area contributed by atoms with Gasteiger partial charge < -0.3 is 4.74 Å². The molecule has 2 aromatic carbocycles. The van der Waals surface area contributed by atoms with E-state index in [2.05, 4.69) is 23.3 Å². The molecular formula is C28H25FN4O2. The van der Waals surface area contributed by atoms with Crippen molar-refractivity contribution in [1.82, 2.24) is 19.2 Å². The second-order valence-corrected chi connectivity index (χ2v) is 8.72. The summed E-state index contributed by atoms with van der Waals surface area (Å²) in [4.78, 5) is 18.3. The minimum Gasteiger partial charge on any atom is -0.485 e. The van der Waals surface area contributed by atoms with Crippen molar-refractivity contribution < 1.29 is 9.13 Å². The molecule has 0 aliphatic rings. The van der Waals surface area contributed by atoms with Crippen LogP contribution in [0.4, 0.5) is 4.39 Å². The van der Waals surface area contributed by atoms with Crippen LogP contribution in [0, 0.1) is 33.5 Å². The van der Waals surface area contributed by atoms with E-state index in [0.29, 0.717) is 40.6 Å². The Balaban J connectivity index is 1.55. The molecule has 0 bridgehead atoms. The number of nitrogens with zero attached hydrogens (tertiary/aromatic N) is 4. The molecule has 0 unspecified atom stereocenters. The second-order valence-electron chi connectivity index (χ2n) is 8.72. The summed E-state index contributed by atoms with van der Waals surface area (Å²) in [6.45, 7) is 8.12. The lowest BCUT2D eigenvalue weighted by Crippen LogP contribution is -2.19. The summed E-state index contributed by atoms with van der Waals surface area (Å²) in [6.07, 6.45) is 1.68. The van der Waals surface area contributed by atoms with Crippen molar-refractivity contribution in [2.75, 3.05) is 0 Å². The van der Waals surface area contributed by atoms with E-state index in [1.807, 2.05) is 32.9 Å². The fourth-order valence-corrected chi connectivity index (χ4v) is 4.23. The molecule has 3 heterocycles. The molecule has 0 amide bonds. The predicted molar refractivity (Wildman–Crippen MR) is 134 cm³/mol. The summed E-state index contributed by atoms with van der Waals surface area (Å²) in [5.74, 6) is 0.178. The third-order valence-corrected chi connectivity index (χ3v) is 6.08. The summed E-state index contributed by atoms with van der Waals surface area (Å²) >= 11 is 0. The van der Waals surface area contributed by atoms with Crippen molar-refractivity contribution in [2.24, 2.45) is 0 Å². The van der Waals surface area contributed by atoms with Gasteiger partial charge in [-0.2, -0.15) is 5.10 Å². The largest absolute Gasteiger partial charge is 0.485 e. The number of rotatable bonds is 5. The van der Waals surface area contributed by atoms with Gasteiger partial charge in [-0.05, 0) is 75.2 Å². The van der Waals surface area contributed by atoms with E-state index < -0.39 is 0 Å². The number of aromatic nitrogens is 4. The molecule has 5 aromatic rings. The molecule has 35 heavy (non-hydrogen) atoms. The molecule has 7 heteroatoms. The average molecular weight is 469 g/mol. The standard InChI is InChI=1S/C28H25FN4O2/c1-17-10-11-18(2)21(13-17)16-35-25-9-6-12-32-27(25)30-20(4)26(28(32)34)24-14-19(3)33(31-24)23-8-5-7-22(29)15-23/h5-15H,16H2,1-4H3. The smallest absolute Gasteiger partial charge is 0.267 e. The molecule has 0 spiro atoms. The highest BCUT2D eigenvalue weighted by Crippen LogP contribution is 2.25. The van der Waals surface area contributed by atoms with Crippen LogP contribution in [0.5, 0.6) is 5.75 Å². The Morgan fingerprint density at radius 3 is 2.60 bits per heavy atom. The van der Waals surface area contributed by atoms with Gasteiger partial charge in [-0.25, -0.2) is 14.1 Å². The number of fused-ring (bicyclic) bond motifs is 1. The molecule has 0 atom stereocenters. The van der Waals surface area contributed by atoms with Gasteiger partial charge in [-0.15, -0.1) is 0 Å². The van der Waals surface area contributed by atoms with E-state index in [4.69, 9.17) is 9.72 Å². The lowest BCUT2D eigenvalue weighted by atomic mass is 10.1. The minimum absolute atomic E-state index is 0.242. The number of hydrogen-bond acceptors (Lipinski definition) is 4. The van der Waals surface area contributed by atoms with Gasteiger partial charge in [0.05, 0.1) is 16.9 Å². The van der Waals surface area contributed by atoms with E-state index in [0.717, 1.165) is 22.4 Å².